The van der Waals surface area contributed by atoms with E-state index in [0.717, 1.165) is 38.5 Å². The van der Waals surface area contributed by atoms with E-state index in [9.17, 15) is 25.3 Å². The molecule has 0 radical (unpaired) electrons. The van der Waals surface area contributed by atoms with Crippen molar-refractivity contribution in [2.45, 2.75) is 148 Å². The first kappa shape index (κ1) is 44.0. The zero-order valence-corrected chi connectivity index (χ0v) is 32.8. The molecular weight excluding hydrogens is 589 g/mol. The van der Waals surface area contributed by atoms with E-state index in [0.29, 0.717) is 46.8 Å². The van der Waals surface area contributed by atoms with Crippen LogP contribution in [0.15, 0.2) is 0 Å². The number of sulfone groups is 3. The van der Waals surface area contributed by atoms with E-state index in [4.69, 9.17) is 4.11 Å². The molecule has 0 fully saturated rings. The summed E-state index contributed by atoms with van der Waals surface area (Å²) in [6, 6.07) is 0. The summed E-state index contributed by atoms with van der Waals surface area (Å²) < 4.78 is 86.2. The van der Waals surface area contributed by atoms with E-state index in [1.165, 1.54) is 12.5 Å². The molecular formula is C33H76O6S3. The minimum atomic E-state index is -2.72. The Morgan fingerprint density at radius 1 is 0.500 bits per heavy atom. The predicted octanol–water partition coefficient (Wildman–Crippen LogP) is 9.29. The molecule has 2 unspecified atom stereocenters. The Hall–Kier alpha value is -0.150. The van der Waals surface area contributed by atoms with Crippen molar-refractivity contribution in [3.8, 4) is 0 Å². The maximum absolute atomic E-state index is 10.9. The van der Waals surface area contributed by atoms with E-state index >= 15 is 0 Å². The van der Waals surface area contributed by atoms with Gasteiger partial charge in [0.15, 0.2) is 0 Å². The topological polar surface area (TPSA) is 102 Å². The van der Waals surface area contributed by atoms with Crippen LogP contribution in [0.1, 0.15) is 152 Å². The standard InChI is InChI=1S/C7H16O2S.2C7H16.2C6H14O2S/c1-4-10(8,9)6-5-7(2)3;2*1-4-5-6-7(2)3;2*1-6(2)4-5-9(3,7)8/h7H,4-6H2,1-3H3;2*7H,4-6H2,1-3H3;2*6H,4-5H2,1-3H3/i;5D,6D;6D;;/t;;6-;;/m..1../s1. The van der Waals surface area contributed by atoms with E-state index in [2.05, 4.69) is 20.8 Å². The molecule has 0 aromatic heterocycles. The lowest BCUT2D eigenvalue weighted by atomic mass is 10.1. The molecule has 42 heavy (non-hydrogen) atoms. The molecule has 3 atom stereocenters. The van der Waals surface area contributed by atoms with Crippen LogP contribution in [0.2, 0.25) is 0 Å². The molecule has 0 aromatic rings. The van der Waals surface area contributed by atoms with Crippen molar-refractivity contribution in [2.75, 3.05) is 35.5 Å². The Morgan fingerprint density at radius 3 is 0.976 bits per heavy atom. The number of hydrogen-bond acceptors (Lipinski definition) is 6. The first-order valence-electron chi connectivity index (χ1n) is 17.6. The van der Waals surface area contributed by atoms with Gasteiger partial charge in [-0.25, -0.2) is 25.3 Å². The highest BCUT2D eigenvalue weighted by Crippen LogP contribution is 2.05. The minimum Gasteiger partial charge on any atom is -0.229 e. The zero-order valence-electron chi connectivity index (χ0n) is 33.4. The molecule has 9 heteroatoms. The summed E-state index contributed by atoms with van der Waals surface area (Å²) in [6.07, 6.45) is 7.66. The fourth-order valence-electron chi connectivity index (χ4n) is 2.37. The third-order valence-electron chi connectivity index (χ3n) is 5.26. The highest BCUT2D eigenvalue weighted by Gasteiger charge is 2.07. The zero-order chi connectivity index (χ0) is 37.2. The Balaban J connectivity index is -0.000000148. The Morgan fingerprint density at radius 2 is 0.833 bits per heavy atom. The molecule has 0 aliphatic heterocycles. The molecule has 0 saturated carbocycles. The lowest BCUT2D eigenvalue weighted by molar-refractivity contribution is 0.550. The second kappa shape index (κ2) is 30.9. The van der Waals surface area contributed by atoms with E-state index in [1.807, 2.05) is 62.3 Å². The molecule has 0 N–H and O–H groups in total. The van der Waals surface area contributed by atoms with Gasteiger partial charge >= 0.3 is 0 Å². The van der Waals surface area contributed by atoms with Gasteiger partial charge in [-0.3, -0.25) is 0 Å². The summed E-state index contributed by atoms with van der Waals surface area (Å²) in [7, 11) is -8.15. The van der Waals surface area contributed by atoms with Gasteiger partial charge in [-0.1, -0.05) is 128 Å². The molecule has 0 rings (SSSR count). The molecule has 0 amide bonds. The van der Waals surface area contributed by atoms with Gasteiger partial charge in [0.1, 0.15) is 29.5 Å². The van der Waals surface area contributed by atoms with Crippen LogP contribution < -0.4 is 0 Å². The summed E-state index contributed by atoms with van der Waals surface area (Å²) in [6.45, 7) is 26.1. The largest absolute Gasteiger partial charge is 0.229 e. The van der Waals surface area contributed by atoms with Crippen molar-refractivity contribution in [1.29, 1.82) is 0 Å². The lowest BCUT2D eigenvalue weighted by Gasteiger charge is -2.02. The van der Waals surface area contributed by atoms with Crippen LogP contribution >= 0.6 is 0 Å². The van der Waals surface area contributed by atoms with E-state index < -0.39 is 29.5 Å². The van der Waals surface area contributed by atoms with Crippen molar-refractivity contribution in [2.24, 2.45) is 29.6 Å². The summed E-state index contributed by atoms with van der Waals surface area (Å²) in [5, 5.41) is 0. The average molecular weight is 668 g/mol. The van der Waals surface area contributed by atoms with Gasteiger partial charge in [-0.2, -0.15) is 0 Å². The quantitative estimate of drug-likeness (QED) is 0.163. The van der Waals surface area contributed by atoms with Gasteiger partial charge in [-0.15, -0.1) is 0 Å². The molecule has 0 bridgehead atoms. The Bertz CT molecular complexity index is 924. The smallest absolute Gasteiger partial charge is 0.150 e. The molecule has 0 saturated heterocycles. The first-order valence-corrected chi connectivity index (χ1v) is 21.8. The number of hydrogen-bond donors (Lipinski definition) is 0. The highest BCUT2D eigenvalue weighted by atomic mass is 32.2. The van der Waals surface area contributed by atoms with Gasteiger partial charge in [0, 0.05) is 22.4 Å². The van der Waals surface area contributed by atoms with Gasteiger partial charge in [-0.05, 0) is 48.9 Å². The van der Waals surface area contributed by atoms with Crippen molar-refractivity contribution in [1.82, 2.24) is 0 Å². The fraction of sp³-hybridized carbons (Fsp3) is 1.00. The summed E-state index contributed by atoms with van der Waals surface area (Å²) in [4.78, 5) is 0. The first-order chi connectivity index (χ1) is 20.1. The maximum Gasteiger partial charge on any atom is 0.150 e. The van der Waals surface area contributed by atoms with Gasteiger partial charge < -0.3 is 0 Å². The van der Waals surface area contributed by atoms with E-state index in [-0.39, 0.29) is 24.9 Å². The summed E-state index contributed by atoms with van der Waals surface area (Å²) in [5.41, 5.74) is 0. The van der Waals surface area contributed by atoms with Crippen LogP contribution in [0.3, 0.4) is 0 Å². The summed E-state index contributed by atoms with van der Waals surface area (Å²) in [5.74, 6) is 3.60. The molecule has 6 nitrogen and oxygen atoms in total. The molecule has 262 valence electrons. The van der Waals surface area contributed by atoms with Crippen molar-refractivity contribution < 1.29 is 29.4 Å². The summed E-state index contributed by atoms with van der Waals surface area (Å²) >= 11 is 0. The van der Waals surface area contributed by atoms with Crippen molar-refractivity contribution >= 4 is 29.5 Å². The van der Waals surface area contributed by atoms with Crippen LogP contribution in [0.5, 0.6) is 0 Å². The maximum atomic E-state index is 10.9. The van der Waals surface area contributed by atoms with Crippen LogP contribution in [0.4, 0.5) is 0 Å². The monoisotopic (exact) mass is 667 g/mol. The second-order valence-electron chi connectivity index (χ2n) is 12.9. The molecule has 0 spiro atoms. The van der Waals surface area contributed by atoms with Crippen molar-refractivity contribution in [3.63, 3.8) is 0 Å². The van der Waals surface area contributed by atoms with Crippen molar-refractivity contribution in [3.05, 3.63) is 0 Å². The molecule has 0 heterocycles. The minimum absolute atomic E-state index is 0.167. The molecule has 0 aliphatic carbocycles. The molecule has 0 aromatic carbocycles. The van der Waals surface area contributed by atoms with Crippen LogP contribution in [0.25, 0.3) is 0 Å². The molecule has 0 aliphatic rings. The van der Waals surface area contributed by atoms with Gasteiger partial charge in [0.25, 0.3) is 0 Å². The second-order valence-corrected chi connectivity index (χ2v) is 19.9. The third-order valence-corrected chi connectivity index (χ3v) is 8.95. The Labute approximate surface area is 271 Å². The third kappa shape index (κ3) is 72.3. The number of rotatable bonds is 16. The average Bonchev–Trinajstić information content (AvgIpc) is 2.89. The highest BCUT2D eigenvalue weighted by molar-refractivity contribution is 7.91. The van der Waals surface area contributed by atoms with Crippen LogP contribution in [0, 0.1) is 29.6 Å². The van der Waals surface area contributed by atoms with Crippen LogP contribution in [-0.4, -0.2) is 60.8 Å². The SMILES string of the molecule is CC(C)CCS(C)(=O)=O.CC(C)CCS(C)(=O)=O.CCS(=O)(=O)CCC(C)C.[2H]C(CC)C([2H])C(C)C.[2H][C@H](CCC)C(C)C. The fourth-order valence-corrected chi connectivity index (χ4v) is 5.29. The van der Waals surface area contributed by atoms with Gasteiger partial charge in [0.05, 0.1) is 17.3 Å². The van der Waals surface area contributed by atoms with Gasteiger partial charge in [0.2, 0.25) is 0 Å². The normalized spacial score (nSPS) is 15.0. The lowest BCUT2D eigenvalue weighted by Crippen LogP contribution is -2.10. The van der Waals surface area contributed by atoms with E-state index in [1.54, 1.807) is 6.92 Å². The van der Waals surface area contributed by atoms with Crippen LogP contribution in [-0.2, 0) is 29.5 Å². The predicted molar refractivity (Wildman–Crippen MR) is 191 cm³/mol. The Kier molecular flexibility index (Phi) is 32.3.